The molecule has 0 aromatic heterocycles. The average Bonchev–Trinajstić information content (AvgIpc) is 2.38. The van der Waals surface area contributed by atoms with Crippen LogP contribution in [0.3, 0.4) is 0 Å². The number of hydrogen-bond donors (Lipinski definition) is 1. The second kappa shape index (κ2) is 6.16. The first-order valence-electron chi connectivity index (χ1n) is 6.03. The third kappa shape index (κ3) is 2.92. The monoisotopic (exact) mass is 236 g/mol. The fraction of sp³-hybridized carbons (Fsp3) is 0.538. The van der Waals surface area contributed by atoms with Gasteiger partial charge in [0.25, 0.3) is 0 Å². The molecule has 1 aliphatic rings. The van der Waals surface area contributed by atoms with Crippen LogP contribution in [0.15, 0.2) is 24.3 Å². The van der Waals surface area contributed by atoms with Gasteiger partial charge in [0.15, 0.2) is 0 Å². The summed E-state index contributed by atoms with van der Waals surface area (Å²) < 4.78 is 0. The van der Waals surface area contributed by atoms with Crippen molar-refractivity contribution < 1.29 is 0 Å². The SMILES string of the molecule is CCNCc1ccccc1N1CCSCC1. The van der Waals surface area contributed by atoms with Crippen molar-refractivity contribution in [2.45, 2.75) is 13.5 Å². The molecule has 1 saturated heterocycles. The number of nitrogens with zero attached hydrogens (tertiary/aromatic N) is 1. The number of benzene rings is 1. The Morgan fingerprint density at radius 2 is 2.00 bits per heavy atom. The molecule has 0 amide bonds. The summed E-state index contributed by atoms with van der Waals surface area (Å²) in [6, 6.07) is 8.77. The highest BCUT2D eigenvalue weighted by Crippen LogP contribution is 2.23. The molecular weight excluding hydrogens is 216 g/mol. The van der Waals surface area contributed by atoms with E-state index in [0.29, 0.717) is 0 Å². The fourth-order valence-electron chi connectivity index (χ4n) is 2.03. The lowest BCUT2D eigenvalue weighted by molar-refractivity contribution is 0.721. The van der Waals surface area contributed by atoms with E-state index in [1.807, 2.05) is 0 Å². The summed E-state index contributed by atoms with van der Waals surface area (Å²) in [4.78, 5) is 2.52. The van der Waals surface area contributed by atoms with Crippen LogP contribution in [-0.4, -0.2) is 31.1 Å². The lowest BCUT2D eigenvalue weighted by Crippen LogP contribution is -2.33. The van der Waals surface area contributed by atoms with Gasteiger partial charge in [0.1, 0.15) is 0 Å². The molecule has 2 nitrogen and oxygen atoms in total. The van der Waals surface area contributed by atoms with E-state index >= 15 is 0 Å². The minimum Gasteiger partial charge on any atom is -0.370 e. The molecule has 0 radical (unpaired) electrons. The molecule has 1 N–H and O–H groups in total. The van der Waals surface area contributed by atoms with Crippen molar-refractivity contribution in [2.75, 3.05) is 36.0 Å². The van der Waals surface area contributed by atoms with Gasteiger partial charge in [-0.05, 0) is 18.2 Å². The minimum atomic E-state index is 0.982. The van der Waals surface area contributed by atoms with Crippen LogP contribution in [0.2, 0.25) is 0 Å². The first-order chi connectivity index (χ1) is 7.92. The Hall–Kier alpha value is -0.670. The highest BCUT2D eigenvalue weighted by molar-refractivity contribution is 7.99. The number of rotatable bonds is 4. The fourth-order valence-corrected chi connectivity index (χ4v) is 2.94. The third-order valence-electron chi connectivity index (χ3n) is 2.91. The van der Waals surface area contributed by atoms with E-state index in [9.17, 15) is 0 Å². The summed E-state index contributed by atoms with van der Waals surface area (Å²) in [5, 5.41) is 3.41. The summed E-state index contributed by atoms with van der Waals surface area (Å²) in [6.45, 7) is 6.54. The molecule has 16 heavy (non-hydrogen) atoms. The lowest BCUT2D eigenvalue weighted by atomic mass is 10.1. The Balaban J connectivity index is 2.11. The first kappa shape index (κ1) is 11.8. The Morgan fingerprint density at radius 1 is 1.25 bits per heavy atom. The van der Waals surface area contributed by atoms with Crippen LogP contribution >= 0.6 is 11.8 Å². The van der Waals surface area contributed by atoms with Crippen molar-refractivity contribution in [2.24, 2.45) is 0 Å². The topological polar surface area (TPSA) is 15.3 Å². The first-order valence-corrected chi connectivity index (χ1v) is 7.18. The van der Waals surface area contributed by atoms with Crippen LogP contribution in [-0.2, 0) is 6.54 Å². The summed E-state index contributed by atoms with van der Waals surface area (Å²) in [5.41, 5.74) is 2.85. The molecule has 1 fully saturated rings. The second-order valence-electron chi connectivity index (χ2n) is 4.01. The van der Waals surface area contributed by atoms with E-state index in [-0.39, 0.29) is 0 Å². The van der Waals surface area contributed by atoms with Gasteiger partial charge in [-0.25, -0.2) is 0 Å². The highest BCUT2D eigenvalue weighted by atomic mass is 32.2. The maximum Gasteiger partial charge on any atom is 0.0412 e. The number of para-hydroxylation sites is 1. The molecule has 0 aliphatic carbocycles. The molecule has 88 valence electrons. The predicted octanol–water partition coefficient (Wildman–Crippen LogP) is 2.35. The molecule has 0 bridgehead atoms. The van der Waals surface area contributed by atoms with E-state index in [4.69, 9.17) is 0 Å². The van der Waals surface area contributed by atoms with Crippen molar-refractivity contribution >= 4 is 17.4 Å². The largest absolute Gasteiger partial charge is 0.370 e. The van der Waals surface area contributed by atoms with E-state index in [1.54, 1.807) is 0 Å². The number of thioether (sulfide) groups is 1. The van der Waals surface area contributed by atoms with Crippen LogP contribution in [0.1, 0.15) is 12.5 Å². The highest BCUT2D eigenvalue weighted by Gasteiger charge is 2.13. The lowest BCUT2D eigenvalue weighted by Gasteiger charge is -2.30. The van der Waals surface area contributed by atoms with Crippen molar-refractivity contribution in [3.63, 3.8) is 0 Å². The van der Waals surface area contributed by atoms with Crippen LogP contribution < -0.4 is 10.2 Å². The van der Waals surface area contributed by atoms with Gasteiger partial charge in [-0.2, -0.15) is 11.8 Å². The summed E-state index contributed by atoms with van der Waals surface area (Å²) >= 11 is 2.06. The Kier molecular flexibility index (Phi) is 4.55. The average molecular weight is 236 g/mol. The van der Waals surface area contributed by atoms with Gasteiger partial charge in [0.2, 0.25) is 0 Å². The molecular formula is C13H20N2S. The zero-order valence-electron chi connectivity index (χ0n) is 9.91. The van der Waals surface area contributed by atoms with E-state index in [0.717, 1.165) is 13.1 Å². The van der Waals surface area contributed by atoms with Crippen molar-refractivity contribution in [3.8, 4) is 0 Å². The Bertz CT molecular complexity index is 321. The number of anilines is 1. The summed E-state index contributed by atoms with van der Waals surface area (Å²) in [6.07, 6.45) is 0. The second-order valence-corrected chi connectivity index (χ2v) is 5.23. The van der Waals surface area contributed by atoms with Gasteiger partial charge in [0.05, 0.1) is 0 Å². The van der Waals surface area contributed by atoms with Crippen LogP contribution in [0, 0.1) is 0 Å². The minimum absolute atomic E-state index is 0.982. The molecule has 1 aromatic carbocycles. The predicted molar refractivity (Wildman–Crippen MR) is 73.4 cm³/mol. The normalized spacial score (nSPS) is 16.4. The zero-order chi connectivity index (χ0) is 11.2. The van der Waals surface area contributed by atoms with Gasteiger partial charge in [-0.15, -0.1) is 0 Å². The molecule has 0 saturated carbocycles. The van der Waals surface area contributed by atoms with Crippen LogP contribution in [0.5, 0.6) is 0 Å². The summed E-state index contributed by atoms with van der Waals surface area (Å²) in [7, 11) is 0. The molecule has 1 aromatic rings. The standard InChI is InChI=1S/C13H20N2S/c1-2-14-11-12-5-3-4-6-13(12)15-7-9-16-10-8-15/h3-6,14H,2,7-11H2,1H3. The zero-order valence-corrected chi connectivity index (χ0v) is 10.7. The van der Waals surface area contributed by atoms with Gasteiger partial charge in [0, 0.05) is 36.8 Å². The third-order valence-corrected chi connectivity index (χ3v) is 3.85. The maximum atomic E-state index is 3.41. The molecule has 2 rings (SSSR count). The van der Waals surface area contributed by atoms with Crippen LogP contribution in [0.25, 0.3) is 0 Å². The number of nitrogens with one attached hydrogen (secondary N) is 1. The molecule has 1 heterocycles. The molecule has 0 spiro atoms. The van der Waals surface area contributed by atoms with Gasteiger partial charge in [-0.1, -0.05) is 25.1 Å². The van der Waals surface area contributed by atoms with Gasteiger partial charge < -0.3 is 10.2 Å². The van der Waals surface area contributed by atoms with Crippen molar-refractivity contribution in [1.29, 1.82) is 0 Å². The number of hydrogen-bond acceptors (Lipinski definition) is 3. The molecule has 1 aliphatic heterocycles. The molecule has 0 atom stereocenters. The van der Waals surface area contributed by atoms with E-state index in [2.05, 4.69) is 53.2 Å². The quantitative estimate of drug-likeness (QED) is 0.864. The summed E-state index contributed by atoms with van der Waals surface area (Å²) in [5.74, 6) is 2.52. The van der Waals surface area contributed by atoms with Crippen molar-refractivity contribution in [1.82, 2.24) is 5.32 Å². The van der Waals surface area contributed by atoms with E-state index in [1.165, 1.54) is 35.8 Å². The van der Waals surface area contributed by atoms with Crippen molar-refractivity contribution in [3.05, 3.63) is 29.8 Å². The molecule has 3 heteroatoms. The smallest absolute Gasteiger partial charge is 0.0412 e. The van der Waals surface area contributed by atoms with Crippen LogP contribution in [0.4, 0.5) is 5.69 Å². The van der Waals surface area contributed by atoms with Gasteiger partial charge >= 0.3 is 0 Å². The molecule has 0 unspecified atom stereocenters. The van der Waals surface area contributed by atoms with E-state index < -0.39 is 0 Å². The Labute approximate surface area is 102 Å². The maximum absolute atomic E-state index is 3.41. The Morgan fingerprint density at radius 3 is 2.75 bits per heavy atom. The van der Waals surface area contributed by atoms with Gasteiger partial charge in [-0.3, -0.25) is 0 Å².